The van der Waals surface area contributed by atoms with Crippen LogP contribution in [0.3, 0.4) is 0 Å². The highest BCUT2D eigenvalue weighted by molar-refractivity contribution is 5.78. The number of rotatable bonds is 2. The Hall–Kier alpha value is -1.35. The molecule has 2 bridgehead atoms. The average Bonchev–Trinajstić information content (AvgIpc) is 3.44. The van der Waals surface area contributed by atoms with Gasteiger partial charge in [-0.05, 0) is 106 Å². The molecule has 0 N–H and O–H groups in total. The van der Waals surface area contributed by atoms with E-state index in [1.807, 2.05) is 0 Å². The molecule has 1 aromatic rings. The third-order valence-electron chi connectivity index (χ3n) is 10.0. The minimum Gasteiger partial charge on any atom is -0.336 e. The fraction of sp³-hybridized carbons (Fsp3) is 0.750. The van der Waals surface area contributed by atoms with Gasteiger partial charge in [-0.1, -0.05) is 37.1 Å². The molecule has 0 aromatic heterocycles. The normalized spacial score (nSPS) is 35.7. The first-order valence-electron chi connectivity index (χ1n) is 13.3. The molecule has 1 aromatic carbocycles. The molecule has 3 nitrogen and oxygen atoms in total. The van der Waals surface area contributed by atoms with Crippen LogP contribution in [0.1, 0.15) is 101 Å². The summed E-state index contributed by atoms with van der Waals surface area (Å²) in [6, 6.07) is 10.4. The lowest BCUT2D eigenvalue weighted by atomic mass is 9.63. The number of benzene rings is 1. The van der Waals surface area contributed by atoms with Crippen molar-refractivity contribution in [2.24, 2.45) is 11.8 Å². The molecule has 2 saturated carbocycles. The van der Waals surface area contributed by atoms with Crippen LogP contribution in [-0.4, -0.2) is 41.4 Å². The summed E-state index contributed by atoms with van der Waals surface area (Å²) in [4.78, 5) is 17.6. The van der Waals surface area contributed by atoms with Gasteiger partial charge in [0.1, 0.15) is 0 Å². The Morgan fingerprint density at radius 3 is 2.23 bits per heavy atom. The van der Waals surface area contributed by atoms with Crippen molar-refractivity contribution in [3.63, 3.8) is 0 Å². The molecule has 1 amide bonds. The van der Waals surface area contributed by atoms with E-state index in [1.165, 1.54) is 82.9 Å². The van der Waals surface area contributed by atoms with Gasteiger partial charge in [0, 0.05) is 19.0 Å². The highest BCUT2D eigenvalue weighted by Crippen LogP contribution is 2.50. The van der Waals surface area contributed by atoms with Crippen molar-refractivity contribution >= 4 is 5.91 Å². The summed E-state index contributed by atoms with van der Waals surface area (Å²) in [6.07, 6.45) is 17.3. The van der Waals surface area contributed by atoms with Crippen LogP contribution in [0.15, 0.2) is 24.3 Å². The molecule has 4 fully saturated rings. The van der Waals surface area contributed by atoms with Gasteiger partial charge in [0.15, 0.2) is 0 Å². The lowest BCUT2D eigenvalue weighted by Gasteiger charge is -2.50. The molecule has 4 atom stereocenters. The predicted molar refractivity (Wildman–Crippen MR) is 125 cm³/mol. The molecular weight excluding hydrogens is 380 g/mol. The van der Waals surface area contributed by atoms with Gasteiger partial charge < -0.3 is 9.80 Å². The van der Waals surface area contributed by atoms with E-state index in [2.05, 4.69) is 34.1 Å². The maximum absolute atomic E-state index is 12.5. The zero-order valence-electron chi connectivity index (χ0n) is 19.2. The maximum Gasteiger partial charge on any atom is 0.223 e. The zero-order valence-corrected chi connectivity index (χ0v) is 19.2. The monoisotopic (exact) mass is 420 g/mol. The number of likely N-dealkylation sites (tertiary alicyclic amines) is 2. The topological polar surface area (TPSA) is 23.6 Å². The van der Waals surface area contributed by atoms with Gasteiger partial charge in [-0.2, -0.15) is 0 Å². The van der Waals surface area contributed by atoms with E-state index in [0.717, 1.165) is 43.7 Å². The van der Waals surface area contributed by atoms with Crippen LogP contribution >= 0.6 is 0 Å². The third kappa shape index (κ3) is 3.65. The van der Waals surface area contributed by atoms with Gasteiger partial charge in [0.05, 0.1) is 6.04 Å². The number of piperidine rings is 1. The Bertz CT molecular complexity index is 797. The molecule has 2 heterocycles. The van der Waals surface area contributed by atoms with Crippen LogP contribution < -0.4 is 0 Å². The first-order valence-corrected chi connectivity index (χ1v) is 13.3. The molecule has 2 saturated heterocycles. The number of hydrogen-bond donors (Lipinski definition) is 0. The van der Waals surface area contributed by atoms with Gasteiger partial charge in [0.25, 0.3) is 0 Å². The van der Waals surface area contributed by atoms with Crippen molar-refractivity contribution in [1.82, 2.24) is 9.80 Å². The van der Waals surface area contributed by atoms with Crippen molar-refractivity contribution < 1.29 is 4.79 Å². The highest BCUT2D eigenvalue weighted by Gasteiger charge is 2.45. The SMILES string of the molecule is O=C1CCCN1[C@H]1CCC2(CCN([C@H]3CCC4CC[C@@H](CC3)C4)CC2)c2ccccc21. The molecule has 1 unspecified atom stereocenters. The zero-order chi connectivity index (χ0) is 20.8. The largest absolute Gasteiger partial charge is 0.336 e. The first kappa shape index (κ1) is 20.3. The highest BCUT2D eigenvalue weighted by atomic mass is 16.2. The average molecular weight is 421 g/mol. The number of amides is 1. The van der Waals surface area contributed by atoms with Crippen LogP contribution in [0.25, 0.3) is 0 Å². The van der Waals surface area contributed by atoms with Gasteiger partial charge in [0.2, 0.25) is 5.91 Å². The van der Waals surface area contributed by atoms with Crippen LogP contribution in [0, 0.1) is 11.8 Å². The van der Waals surface area contributed by atoms with Gasteiger partial charge in [-0.15, -0.1) is 0 Å². The van der Waals surface area contributed by atoms with Crippen LogP contribution in [0.5, 0.6) is 0 Å². The van der Waals surface area contributed by atoms with Crippen molar-refractivity contribution in [3.05, 3.63) is 35.4 Å². The van der Waals surface area contributed by atoms with E-state index in [4.69, 9.17) is 0 Å². The molecule has 3 aliphatic carbocycles. The van der Waals surface area contributed by atoms with Crippen molar-refractivity contribution in [2.45, 2.75) is 101 Å². The molecule has 168 valence electrons. The standard InChI is InChI=1S/C28H40N2O/c31-27-6-3-17-30(27)26-13-14-28(25-5-2-1-4-24(25)26)15-18-29(19-16-28)23-11-9-21-7-8-22(20-21)10-12-23/h1-2,4-5,21-23,26H,3,6-20H2/t21-,22?,23+,26-/m0/s1. The summed E-state index contributed by atoms with van der Waals surface area (Å²) >= 11 is 0. The second kappa shape index (κ2) is 8.21. The molecule has 3 heteroatoms. The van der Waals surface area contributed by atoms with E-state index in [9.17, 15) is 4.79 Å². The van der Waals surface area contributed by atoms with Gasteiger partial charge >= 0.3 is 0 Å². The Morgan fingerprint density at radius 1 is 0.806 bits per heavy atom. The molecule has 1 spiro atoms. The van der Waals surface area contributed by atoms with E-state index >= 15 is 0 Å². The number of hydrogen-bond acceptors (Lipinski definition) is 2. The van der Waals surface area contributed by atoms with Crippen LogP contribution in [0.2, 0.25) is 0 Å². The Morgan fingerprint density at radius 2 is 1.52 bits per heavy atom. The second-order valence-electron chi connectivity index (χ2n) is 11.5. The fourth-order valence-electron chi connectivity index (χ4n) is 8.20. The summed E-state index contributed by atoms with van der Waals surface area (Å²) in [5, 5.41) is 0. The Labute approximate surface area is 188 Å². The molecule has 2 aliphatic heterocycles. The van der Waals surface area contributed by atoms with Crippen molar-refractivity contribution in [3.8, 4) is 0 Å². The minimum atomic E-state index is 0.330. The summed E-state index contributed by atoms with van der Waals surface area (Å²) in [7, 11) is 0. The number of carbonyl (C=O) groups is 1. The molecule has 5 aliphatic rings. The molecule has 31 heavy (non-hydrogen) atoms. The lowest BCUT2D eigenvalue weighted by molar-refractivity contribution is -0.130. The fourth-order valence-corrected chi connectivity index (χ4v) is 8.20. The number of fused-ring (bicyclic) bond motifs is 4. The lowest BCUT2D eigenvalue weighted by Crippen LogP contribution is -2.49. The second-order valence-corrected chi connectivity index (χ2v) is 11.5. The van der Waals surface area contributed by atoms with Crippen molar-refractivity contribution in [1.29, 1.82) is 0 Å². The minimum absolute atomic E-state index is 0.330. The first-order chi connectivity index (χ1) is 15.2. The summed E-state index contributed by atoms with van der Waals surface area (Å²) in [6.45, 7) is 3.52. The summed E-state index contributed by atoms with van der Waals surface area (Å²) in [5.41, 5.74) is 3.41. The van der Waals surface area contributed by atoms with Gasteiger partial charge in [-0.25, -0.2) is 0 Å². The number of carbonyl (C=O) groups excluding carboxylic acids is 1. The third-order valence-corrected chi connectivity index (χ3v) is 10.0. The van der Waals surface area contributed by atoms with Crippen LogP contribution in [-0.2, 0) is 10.2 Å². The smallest absolute Gasteiger partial charge is 0.223 e. The quantitative estimate of drug-likeness (QED) is 0.600. The van der Waals surface area contributed by atoms with Gasteiger partial charge in [-0.3, -0.25) is 4.79 Å². The number of nitrogens with zero attached hydrogens (tertiary/aromatic N) is 2. The molecular formula is C28H40N2O. The van der Waals surface area contributed by atoms with Crippen LogP contribution in [0.4, 0.5) is 0 Å². The molecule has 0 radical (unpaired) electrons. The summed E-state index contributed by atoms with van der Waals surface area (Å²) < 4.78 is 0. The Kier molecular flexibility index (Phi) is 5.37. The summed E-state index contributed by atoms with van der Waals surface area (Å²) in [5.74, 6) is 2.46. The van der Waals surface area contributed by atoms with E-state index in [-0.39, 0.29) is 0 Å². The Balaban J connectivity index is 1.18. The predicted octanol–water partition coefficient (Wildman–Crippen LogP) is 5.84. The maximum atomic E-state index is 12.5. The van der Waals surface area contributed by atoms with E-state index in [0.29, 0.717) is 17.4 Å². The molecule has 6 rings (SSSR count). The van der Waals surface area contributed by atoms with E-state index < -0.39 is 0 Å². The van der Waals surface area contributed by atoms with Crippen molar-refractivity contribution in [2.75, 3.05) is 19.6 Å². The van der Waals surface area contributed by atoms with E-state index in [1.54, 1.807) is 5.56 Å².